The monoisotopic (exact) mass is 461 g/mol. The van der Waals surface area contributed by atoms with Crippen molar-refractivity contribution in [3.63, 3.8) is 0 Å². The Hall–Kier alpha value is -3.09. The van der Waals surface area contributed by atoms with Gasteiger partial charge >= 0.3 is 0 Å². The van der Waals surface area contributed by atoms with Gasteiger partial charge in [-0.05, 0) is 44.7 Å². The molecule has 3 aliphatic rings. The minimum Gasteiger partial charge on any atom is -0.368 e. The summed E-state index contributed by atoms with van der Waals surface area (Å²) in [5.41, 5.74) is 5.09. The second kappa shape index (κ2) is 10.0. The molecule has 1 aliphatic carbocycles. The van der Waals surface area contributed by atoms with Crippen LogP contribution in [0.3, 0.4) is 0 Å². The fourth-order valence-corrected chi connectivity index (χ4v) is 5.46. The lowest BCUT2D eigenvalue weighted by Gasteiger charge is -2.36. The summed E-state index contributed by atoms with van der Waals surface area (Å²) in [6.45, 7) is 6.97. The van der Waals surface area contributed by atoms with Gasteiger partial charge in [0.1, 0.15) is 0 Å². The average molecular weight is 462 g/mol. The molecule has 0 unspecified atom stereocenters. The van der Waals surface area contributed by atoms with Gasteiger partial charge in [0.15, 0.2) is 5.69 Å². The van der Waals surface area contributed by atoms with Crippen molar-refractivity contribution in [2.75, 3.05) is 37.6 Å². The first-order valence-corrected chi connectivity index (χ1v) is 12.8. The molecule has 5 rings (SSSR count). The molecule has 34 heavy (non-hydrogen) atoms. The number of nitrogens with zero attached hydrogens (tertiary/aromatic N) is 5. The summed E-state index contributed by atoms with van der Waals surface area (Å²) in [6.07, 6.45) is 8.06. The van der Waals surface area contributed by atoms with E-state index in [0.29, 0.717) is 38.3 Å². The Labute approximate surface area is 202 Å². The Bertz CT molecular complexity index is 1070. The first-order chi connectivity index (χ1) is 16.6. The van der Waals surface area contributed by atoms with Crippen LogP contribution in [-0.2, 0) is 24.3 Å². The van der Waals surface area contributed by atoms with Gasteiger partial charge < -0.3 is 14.7 Å². The molecule has 3 heterocycles. The van der Waals surface area contributed by atoms with E-state index in [1.54, 1.807) is 0 Å². The van der Waals surface area contributed by atoms with E-state index < -0.39 is 0 Å². The normalized spacial score (nSPS) is 18.5. The number of benzene rings is 1. The number of para-hydroxylation sites is 1. The van der Waals surface area contributed by atoms with E-state index in [0.717, 1.165) is 50.2 Å². The quantitative estimate of drug-likeness (QED) is 0.638. The number of carbonyl (C=O) groups is 2. The van der Waals surface area contributed by atoms with Crippen LogP contribution in [0.4, 0.5) is 5.69 Å². The molecule has 7 nitrogen and oxygen atoms in total. The van der Waals surface area contributed by atoms with Gasteiger partial charge in [-0.1, -0.05) is 29.8 Å². The summed E-state index contributed by atoms with van der Waals surface area (Å²) in [4.78, 5) is 32.8. The topological polar surface area (TPSA) is 61.7 Å². The highest BCUT2D eigenvalue weighted by Gasteiger charge is 2.33. The number of amides is 2. The van der Waals surface area contributed by atoms with Crippen molar-refractivity contribution in [2.45, 2.75) is 58.5 Å². The molecule has 0 saturated carbocycles. The highest BCUT2D eigenvalue weighted by atomic mass is 16.2. The zero-order valence-electron chi connectivity index (χ0n) is 20.2. The third-order valence-electron chi connectivity index (χ3n) is 7.44. The van der Waals surface area contributed by atoms with Crippen LogP contribution in [0.1, 0.15) is 60.8 Å². The predicted octanol–water partition coefficient (Wildman–Crippen LogP) is 3.64. The molecule has 0 radical (unpaired) electrons. The highest BCUT2D eigenvalue weighted by Crippen LogP contribution is 2.27. The zero-order chi connectivity index (χ0) is 23.5. The van der Waals surface area contributed by atoms with Gasteiger partial charge in [0.25, 0.3) is 5.91 Å². The smallest absolute Gasteiger partial charge is 0.274 e. The van der Waals surface area contributed by atoms with Gasteiger partial charge in [-0.25, -0.2) is 0 Å². The molecule has 1 aromatic heterocycles. The fraction of sp³-hybridized carbons (Fsp3) is 0.519. The van der Waals surface area contributed by atoms with Gasteiger partial charge in [0.05, 0.1) is 0 Å². The molecule has 0 spiro atoms. The SMILES string of the molecule is CCn1nc(C(=O)N2CCN(c3ccccc3)CC2)c2c1CCN(C(=O)CC1=CCCCC1)C2. The van der Waals surface area contributed by atoms with Crippen molar-refractivity contribution >= 4 is 17.5 Å². The third-order valence-corrected chi connectivity index (χ3v) is 7.44. The van der Waals surface area contributed by atoms with Crippen molar-refractivity contribution < 1.29 is 9.59 Å². The number of anilines is 1. The van der Waals surface area contributed by atoms with Crippen molar-refractivity contribution in [1.82, 2.24) is 19.6 Å². The average Bonchev–Trinajstić information content (AvgIpc) is 3.27. The minimum atomic E-state index is 0.000416. The number of rotatable bonds is 5. The molecule has 2 aliphatic heterocycles. The van der Waals surface area contributed by atoms with Gasteiger partial charge in [0, 0.05) is 75.6 Å². The summed E-state index contributed by atoms with van der Waals surface area (Å²) in [6, 6.07) is 10.4. The highest BCUT2D eigenvalue weighted by molar-refractivity contribution is 5.94. The second-order valence-electron chi connectivity index (χ2n) is 9.55. The van der Waals surface area contributed by atoms with E-state index in [9.17, 15) is 9.59 Å². The molecule has 180 valence electrons. The van der Waals surface area contributed by atoms with Crippen LogP contribution in [0.15, 0.2) is 42.0 Å². The summed E-state index contributed by atoms with van der Waals surface area (Å²) >= 11 is 0. The Morgan fingerprint density at radius 3 is 2.44 bits per heavy atom. The van der Waals surface area contributed by atoms with Gasteiger partial charge in [-0.3, -0.25) is 14.3 Å². The molecule has 2 amide bonds. The standard InChI is InChI=1S/C27H35N5O2/c1-2-32-24-13-14-31(25(33)19-21-9-5-3-6-10-21)20-23(24)26(28-32)27(34)30-17-15-29(16-18-30)22-11-7-4-8-12-22/h4,7-9,11-12H,2-3,5-6,10,13-20H2,1H3. The lowest BCUT2D eigenvalue weighted by molar-refractivity contribution is -0.131. The number of aryl methyl sites for hydroxylation is 1. The van der Waals surface area contributed by atoms with Crippen molar-refractivity contribution in [3.05, 3.63) is 58.9 Å². The van der Waals surface area contributed by atoms with Crippen LogP contribution in [0, 0.1) is 0 Å². The van der Waals surface area contributed by atoms with Gasteiger partial charge in [-0.2, -0.15) is 5.10 Å². The van der Waals surface area contributed by atoms with Gasteiger partial charge in [-0.15, -0.1) is 0 Å². The molecular weight excluding hydrogens is 426 g/mol. The third kappa shape index (κ3) is 4.61. The van der Waals surface area contributed by atoms with E-state index in [-0.39, 0.29) is 11.8 Å². The Kier molecular flexibility index (Phi) is 6.70. The first-order valence-electron chi connectivity index (χ1n) is 12.8. The maximum atomic E-state index is 13.6. The molecule has 1 fully saturated rings. The van der Waals surface area contributed by atoms with E-state index >= 15 is 0 Å². The van der Waals surface area contributed by atoms with Crippen molar-refractivity contribution in [3.8, 4) is 0 Å². The predicted molar refractivity (Wildman–Crippen MR) is 133 cm³/mol. The summed E-state index contributed by atoms with van der Waals surface area (Å²) in [5.74, 6) is 0.179. The van der Waals surface area contributed by atoms with Crippen LogP contribution in [0.5, 0.6) is 0 Å². The molecule has 1 saturated heterocycles. The fourth-order valence-electron chi connectivity index (χ4n) is 5.46. The Balaban J connectivity index is 1.29. The summed E-state index contributed by atoms with van der Waals surface area (Å²) < 4.78 is 1.97. The Morgan fingerprint density at radius 1 is 0.941 bits per heavy atom. The molecule has 7 heteroatoms. The largest absolute Gasteiger partial charge is 0.368 e. The van der Waals surface area contributed by atoms with Crippen LogP contribution in [0.25, 0.3) is 0 Å². The first kappa shape index (κ1) is 22.7. The number of fused-ring (bicyclic) bond motifs is 1. The second-order valence-corrected chi connectivity index (χ2v) is 9.55. The Morgan fingerprint density at radius 2 is 1.74 bits per heavy atom. The number of allylic oxidation sites excluding steroid dienone is 1. The summed E-state index contributed by atoms with van der Waals surface area (Å²) in [5, 5.41) is 4.73. The molecule has 0 atom stereocenters. The molecule has 0 bridgehead atoms. The number of piperazine rings is 1. The van der Waals surface area contributed by atoms with E-state index in [4.69, 9.17) is 5.10 Å². The van der Waals surface area contributed by atoms with Crippen LogP contribution in [0.2, 0.25) is 0 Å². The van der Waals surface area contributed by atoms with Crippen LogP contribution < -0.4 is 4.90 Å². The lowest BCUT2D eigenvalue weighted by atomic mass is 9.96. The number of hydrogen-bond acceptors (Lipinski definition) is 4. The minimum absolute atomic E-state index is 0.000416. The van der Waals surface area contributed by atoms with Crippen molar-refractivity contribution in [2.24, 2.45) is 0 Å². The summed E-state index contributed by atoms with van der Waals surface area (Å²) in [7, 11) is 0. The van der Waals surface area contributed by atoms with Gasteiger partial charge in [0.2, 0.25) is 5.91 Å². The van der Waals surface area contributed by atoms with Crippen LogP contribution in [-0.4, -0.2) is 64.1 Å². The lowest BCUT2D eigenvalue weighted by Crippen LogP contribution is -2.49. The number of aromatic nitrogens is 2. The van der Waals surface area contributed by atoms with Crippen LogP contribution >= 0.6 is 0 Å². The molecule has 2 aromatic rings. The number of carbonyl (C=O) groups excluding carboxylic acids is 2. The van der Waals surface area contributed by atoms with E-state index in [1.165, 1.54) is 24.1 Å². The molecule has 0 N–H and O–H groups in total. The maximum Gasteiger partial charge on any atom is 0.274 e. The van der Waals surface area contributed by atoms with E-state index in [1.807, 2.05) is 32.7 Å². The van der Waals surface area contributed by atoms with E-state index in [2.05, 4.69) is 30.0 Å². The number of hydrogen-bond donors (Lipinski definition) is 0. The zero-order valence-corrected chi connectivity index (χ0v) is 20.2. The molecule has 1 aromatic carbocycles. The maximum absolute atomic E-state index is 13.6. The van der Waals surface area contributed by atoms with Crippen molar-refractivity contribution in [1.29, 1.82) is 0 Å². The molecular formula is C27H35N5O2.